The molecular formula is C24H30N4O. The maximum absolute atomic E-state index is 12.7. The first kappa shape index (κ1) is 19.6. The number of nitrogens with one attached hydrogen (secondary N) is 1. The van der Waals surface area contributed by atoms with Crippen LogP contribution in [0.4, 0.5) is 5.69 Å². The van der Waals surface area contributed by atoms with Crippen molar-refractivity contribution in [1.29, 1.82) is 0 Å². The summed E-state index contributed by atoms with van der Waals surface area (Å²) in [4.78, 5) is 19.8. The van der Waals surface area contributed by atoms with Crippen molar-refractivity contribution < 1.29 is 4.79 Å². The summed E-state index contributed by atoms with van der Waals surface area (Å²) in [6.07, 6.45) is 10.7. The van der Waals surface area contributed by atoms with Crippen LogP contribution in [0.2, 0.25) is 0 Å². The molecule has 0 radical (unpaired) electrons. The van der Waals surface area contributed by atoms with Crippen molar-refractivity contribution in [3.63, 3.8) is 0 Å². The third-order valence-corrected chi connectivity index (χ3v) is 5.98. The molecule has 5 heteroatoms. The van der Waals surface area contributed by atoms with Gasteiger partial charge in [-0.1, -0.05) is 43.5 Å². The second-order valence-corrected chi connectivity index (χ2v) is 8.24. The van der Waals surface area contributed by atoms with E-state index in [1.165, 1.54) is 37.7 Å². The molecule has 4 rings (SSSR count). The molecule has 1 aliphatic rings. The summed E-state index contributed by atoms with van der Waals surface area (Å²) in [6, 6.07) is 12.8. The number of imidazole rings is 1. The number of para-hydroxylation sites is 1. The molecule has 1 N–H and O–H groups in total. The highest BCUT2D eigenvalue weighted by Crippen LogP contribution is 2.25. The molecule has 0 saturated heterocycles. The number of benzene rings is 1. The Morgan fingerprint density at radius 2 is 1.97 bits per heavy atom. The van der Waals surface area contributed by atoms with E-state index in [4.69, 9.17) is 0 Å². The first-order valence-electron chi connectivity index (χ1n) is 10.6. The number of nitrogens with zero attached hydrogens (tertiary/aromatic N) is 3. The average Bonchev–Trinajstić information content (AvgIpc) is 3.14. The lowest BCUT2D eigenvalue weighted by molar-refractivity contribution is -0.115. The monoisotopic (exact) mass is 390 g/mol. The van der Waals surface area contributed by atoms with Gasteiger partial charge in [-0.3, -0.25) is 9.69 Å². The Morgan fingerprint density at radius 3 is 2.76 bits per heavy atom. The third kappa shape index (κ3) is 4.67. The molecule has 0 spiro atoms. The van der Waals surface area contributed by atoms with Crippen LogP contribution in [0.25, 0.3) is 5.65 Å². The Morgan fingerprint density at radius 1 is 1.17 bits per heavy atom. The summed E-state index contributed by atoms with van der Waals surface area (Å²) >= 11 is 0. The van der Waals surface area contributed by atoms with Gasteiger partial charge in [-0.25, -0.2) is 4.98 Å². The Balaban J connectivity index is 1.43. The number of amides is 1. The van der Waals surface area contributed by atoms with Crippen LogP contribution in [0.1, 0.15) is 48.9 Å². The van der Waals surface area contributed by atoms with Gasteiger partial charge in [0.05, 0.1) is 12.1 Å². The number of aryl methyl sites for hydroxylation is 1. The zero-order valence-corrected chi connectivity index (χ0v) is 17.4. The molecule has 1 saturated carbocycles. The van der Waals surface area contributed by atoms with E-state index in [-0.39, 0.29) is 12.3 Å². The van der Waals surface area contributed by atoms with Gasteiger partial charge in [-0.15, -0.1) is 0 Å². The van der Waals surface area contributed by atoms with Crippen molar-refractivity contribution >= 4 is 17.2 Å². The zero-order valence-electron chi connectivity index (χ0n) is 17.4. The SMILES string of the molecule is Cc1cccn2cc(CC(=O)Nc3ccccc3CN(C)C3CCCCC3)nc12. The Bertz CT molecular complexity index is 987. The molecular weight excluding hydrogens is 360 g/mol. The van der Waals surface area contributed by atoms with E-state index in [0.29, 0.717) is 6.04 Å². The van der Waals surface area contributed by atoms with Crippen molar-refractivity contribution in [2.75, 3.05) is 12.4 Å². The van der Waals surface area contributed by atoms with Gasteiger partial charge in [0.25, 0.3) is 0 Å². The fraction of sp³-hybridized carbons (Fsp3) is 0.417. The lowest BCUT2D eigenvalue weighted by Crippen LogP contribution is -2.33. The van der Waals surface area contributed by atoms with E-state index in [1.54, 1.807) is 0 Å². The van der Waals surface area contributed by atoms with Crippen LogP contribution in [0.5, 0.6) is 0 Å². The smallest absolute Gasteiger partial charge is 0.230 e. The van der Waals surface area contributed by atoms with E-state index in [0.717, 1.165) is 29.1 Å². The Hall–Kier alpha value is -2.66. The molecule has 3 aromatic rings. The zero-order chi connectivity index (χ0) is 20.2. The number of anilines is 1. The normalized spacial score (nSPS) is 15.1. The van der Waals surface area contributed by atoms with Gasteiger partial charge < -0.3 is 9.72 Å². The predicted octanol–water partition coefficient (Wildman–Crippen LogP) is 4.59. The third-order valence-electron chi connectivity index (χ3n) is 5.98. The van der Waals surface area contributed by atoms with Gasteiger partial charge in [0.15, 0.2) is 0 Å². The molecule has 0 bridgehead atoms. The molecule has 1 fully saturated rings. The molecule has 152 valence electrons. The summed E-state index contributed by atoms with van der Waals surface area (Å²) in [7, 11) is 2.20. The van der Waals surface area contributed by atoms with Crippen molar-refractivity contribution in [2.24, 2.45) is 0 Å². The highest BCUT2D eigenvalue weighted by atomic mass is 16.1. The minimum atomic E-state index is -0.0289. The molecule has 0 atom stereocenters. The summed E-state index contributed by atoms with van der Waals surface area (Å²) in [5.41, 5.74) is 4.87. The number of carbonyl (C=O) groups excluding carboxylic acids is 1. The van der Waals surface area contributed by atoms with E-state index >= 15 is 0 Å². The average molecular weight is 391 g/mol. The van der Waals surface area contributed by atoms with Crippen LogP contribution >= 0.6 is 0 Å². The van der Waals surface area contributed by atoms with Crippen LogP contribution in [-0.4, -0.2) is 33.3 Å². The molecule has 5 nitrogen and oxygen atoms in total. The number of hydrogen-bond acceptors (Lipinski definition) is 3. The van der Waals surface area contributed by atoms with Crippen LogP contribution in [0.3, 0.4) is 0 Å². The fourth-order valence-corrected chi connectivity index (χ4v) is 4.35. The maximum Gasteiger partial charge on any atom is 0.230 e. The second kappa shape index (κ2) is 8.78. The van der Waals surface area contributed by atoms with Gasteiger partial charge >= 0.3 is 0 Å². The molecule has 1 amide bonds. The second-order valence-electron chi connectivity index (χ2n) is 8.24. The lowest BCUT2D eigenvalue weighted by Gasteiger charge is -2.31. The number of aromatic nitrogens is 2. The van der Waals surface area contributed by atoms with E-state index in [2.05, 4.69) is 28.3 Å². The van der Waals surface area contributed by atoms with Gasteiger partial charge in [-0.2, -0.15) is 0 Å². The highest BCUT2D eigenvalue weighted by Gasteiger charge is 2.19. The van der Waals surface area contributed by atoms with Crippen molar-refractivity contribution in [2.45, 2.75) is 58.0 Å². The van der Waals surface area contributed by atoms with E-state index < -0.39 is 0 Å². The fourth-order valence-electron chi connectivity index (χ4n) is 4.35. The first-order chi connectivity index (χ1) is 14.1. The topological polar surface area (TPSA) is 49.6 Å². The predicted molar refractivity (Wildman–Crippen MR) is 117 cm³/mol. The largest absolute Gasteiger partial charge is 0.325 e. The number of pyridine rings is 1. The summed E-state index contributed by atoms with van der Waals surface area (Å²) < 4.78 is 1.98. The van der Waals surface area contributed by atoms with Gasteiger partial charge in [0.1, 0.15) is 5.65 Å². The molecule has 29 heavy (non-hydrogen) atoms. The van der Waals surface area contributed by atoms with Crippen molar-refractivity contribution in [3.8, 4) is 0 Å². The van der Waals surface area contributed by atoms with Crippen LogP contribution < -0.4 is 5.32 Å². The molecule has 1 aromatic carbocycles. The number of rotatable bonds is 6. The minimum absolute atomic E-state index is 0.0289. The maximum atomic E-state index is 12.7. The first-order valence-corrected chi connectivity index (χ1v) is 10.6. The number of fused-ring (bicyclic) bond motifs is 1. The quantitative estimate of drug-likeness (QED) is 0.670. The van der Waals surface area contributed by atoms with Crippen LogP contribution in [0.15, 0.2) is 48.8 Å². The van der Waals surface area contributed by atoms with E-state index in [9.17, 15) is 4.79 Å². The number of hydrogen-bond donors (Lipinski definition) is 1. The lowest BCUT2D eigenvalue weighted by atomic mass is 9.94. The van der Waals surface area contributed by atoms with Gasteiger partial charge in [-0.05, 0) is 50.1 Å². The molecule has 2 heterocycles. The van der Waals surface area contributed by atoms with Gasteiger partial charge in [0.2, 0.25) is 5.91 Å². The molecule has 0 unspecified atom stereocenters. The van der Waals surface area contributed by atoms with Crippen LogP contribution in [0, 0.1) is 6.92 Å². The standard InChI is InChI=1S/C24H30N4O/c1-18-9-8-14-28-17-20(25-24(18)28)15-23(29)26-22-13-7-6-10-19(22)16-27(2)21-11-4-3-5-12-21/h6-10,13-14,17,21H,3-5,11-12,15-16H2,1-2H3,(H,26,29). The molecule has 0 aliphatic heterocycles. The minimum Gasteiger partial charge on any atom is -0.325 e. The van der Waals surface area contributed by atoms with Crippen molar-refractivity contribution in [3.05, 3.63) is 65.6 Å². The highest BCUT2D eigenvalue weighted by molar-refractivity contribution is 5.92. The van der Waals surface area contributed by atoms with E-state index in [1.807, 2.05) is 54.0 Å². The number of carbonyl (C=O) groups is 1. The Labute approximate surface area is 172 Å². The van der Waals surface area contributed by atoms with Crippen LogP contribution in [-0.2, 0) is 17.8 Å². The molecule has 2 aromatic heterocycles. The summed E-state index contributed by atoms with van der Waals surface area (Å²) in [5.74, 6) is -0.0289. The van der Waals surface area contributed by atoms with Crippen molar-refractivity contribution in [1.82, 2.24) is 14.3 Å². The molecule has 1 aliphatic carbocycles. The summed E-state index contributed by atoms with van der Waals surface area (Å²) in [5, 5.41) is 3.11. The summed E-state index contributed by atoms with van der Waals surface area (Å²) in [6.45, 7) is 2.89. The Kier molecular flexibility index (Phi) is 5.95. The van der Waals surface area contributed by atoms with Gasteiger partial charge in [0, 0.05) is 30.7 Å².